The van der Waals surface area contributed by atoms with Crippen LogP contribution < -0.4 is 14.4 Å². The van der Waals surface area contributed by atoms with Crippen molar-refractivity contribution in [3.63, 3.8) is 0 Å². The first kappa shape index (κ1) is 34.1. The van der Waals surface area contributed by atoms with Gasteiger partial charge in [-0.25, -0.2) is 14.2 Å². The summed E-state index contributed by atoms with van der Waals surface area (Å²) >= 11 is 6.45. The Kier molecular flexibility index (Phi) is 11.9. The number of amides is 1. The van der Waals surface area contributed by atoms with Crippen LogP contribution in [0.1, 0.15) is 86.5 Å². The van der Waals surface area contributed by atoms with Crippen LogP contribution in [0.2, 0.25) is 5.02 Å². The van der Waals surface area contributed by atoms with E-state index in [1.807, 2.05) is 44.3 Å². The Morgan fingerprint density at radius 3 is 2.72 bits per heavy atom. The molecule has 5 rings (SSSR count). The average molecular weight is 663 g/mol. The number of nitrogens with one attached hydrogen (secondary N) is 1. The number of benzene rings is 2. The molecule has 0 spiro atoms. The van der Waals surface area contributed by atoms with Crippen LogP contribution in [0.4, 0.5) is 5.69 Å². The molecule has 9 heteroatoms. The molecular weight excluding hydrogens is 616 g/mol. The minimum Gasteiger partial charge on any atom is -0.491 e. The van der Waals surface area contributed by atoms with Crippen LogP contribution >= 0.6 is 11.6 Å². The molecule has 1 amide bonds. The van der Waals surface area contributed by atoms with Crippen LogP contribution in [0, 0.1) is 17.8 Å². The molecule has 2 aliphatic rings. The Hall–Kier alpha value is -3.23. The van der Waals surface area contributed by atoms with Crippen molar-refractivity contribution in [2.24, 2.45) is 17.8 Å². The van der Waals surface area contributed by atoms with E-state index in [-0.39, 0.29) is 17.1 Å². The van der Waals surface area contributed by atoms with E-state index < -0.39 is 11.0 Å². The largest absolute Gasteiger partial charge is 0.491 e. The Balaban J connectivity index is 1.46. The third-order valence-corrected chi connectivity index (χ3v) is 10.8. The number of rotatable bonds is 13. The highest BCUT2D eigenvalue weighted by Gasteiger charge is 2.38. The number of anilines is 1. The van der Waals surface area contributed by atoms with Crippen LogP contribution in [-0.4, -0.2) is 45.0 Å². The summed E-state index contributed by atoms with van der Waals surface area (Å²) in [4.78, 5) is 24.3. The fourth-order valence-electron chi connectivity index (χ4n) is 6.74. The van der Waals surface area contributed by atoms with E-state index in [0.29, 0.717) is 29.9 Å². The van der Waals surface area contributed by atoms with E-state index in [1.54, 1.807) is 12.4 Å². The topological polar surface area (TPSA) is 84.4 Å². The van der Waals surface area contributed by atoms with Gasteiger partial charge in [0.15, 0.2) is 0 Å². The van der Waals surface area contributed by atoms with Gasteiger partial charge < -0.3 is 9.64 Å². The molecule has 46 heavy (non-hydrogen) atoms. The smallest absolute Gasteiger partial charge is 0.263 e. The standard InChI is InChI=1S/C37H47ClN4O3S/c1-5-7-9-27(19-32-16-17-39-24-40-32)33-13-10-29(33)21-42-22-30(34-14-12-31(38)18-26(34)8-6-2)23-45-36-15-11-28(20-35(36)42)37(43)41-46(44)25(3)4/h7,9,11-12,14-18,20,24-25,27,29-30,33H,5-6,8,10,13,19,21-23H2,1-4H3,(H,41,43)/b9-7+. The zero-order valence-electron chi connectivity index (χ0n) is 27.5. The van der Waals surface area contributed by atoms with Gasteiger partial charge in [0.2, 0.25) is 0 Å². The molecule has 1 aromatic heterocycles. The molecule has 3 aromatic rings. The molecule has 1 saturated carbocycles. The van der Waals surface area contributed by atoms with E-state index in [2.05, 4.69) is 57.7 Å². The van der Waals surface area contributed by atoms with E-state index in [1.165, 1.54) is 17.5 Å². The molecule has 2 heterocycles. The number of allylic oxidation sites excluding steroid dienone is 2. The van der Waals surface area contributed by atoms with Gasteiger partial charge in [-0.15, -0.1) is 0 Å². The molecule has 0 radical (unpaired) electrons. The molecular formula is C37H47ClN4O3S. The van der Waals surface area contributed by atoms with Crippen molar-refractivity contribution in [3.8, 4) is 5.75 Å². The highest BCUT2D eigenvalue weighted by molar-refractivity contribution is 7.84. The summed E-state index contributed by atoms with van der Waals surface area (Å²) in [6.45, 7) is 10.2. The molecule has 246 valence electrons. The number of halogens is 1. The fourth-order valence-corrected chi connectivity index (χ4v) is 7.48. The maximum absolute atomic E-state index is 13.2. The molecule has 0 bridgehead atoms. The number of nitrogens with zero attached hydrogens (tertiary/aromatic N) is 3. The molecule has 1 aliphatic heterocycles. The van der Waals surface area contributed by atoms with Crippen LogP contribution in [0.15, 0.2) is 67.1 Å². The number of carbonyl (C=O) groups excluding carboxylic acids is 1. The van der Waals surface area contributed by atoms with Crippen LogP contribution in [0.25, 0.3) is 0 Å². The summed E-state index contributed by atoms with van der Waals surface area (Å²) in [6, 6.07) is 13.8. The first-order valence-corrected chi connectivity index (χ1v) is 18.3. The number of hydrogen-bond acceptors (Lipinski definition) is 6. The second kappa shape index (κ2) is 16.1. The summed E-state index contributed by atoms with van der Waals surface area (Å²) < 4.78 is 21.6. The number of aryl methyl sites for hydroxylation is 1. The van der Waals surface area contributed by atoms with Crippen molar-refractivity contribution in [1.29, 1.82) is 0 Å². The van der Waals surface area contributed by atoms with Gasteiger partial charge in [0, 0.05) is 46.7 Å². The fraction of sp³-hybridized carbons (Fsp3) is 0.486. The summed E-state index contributed by atoms with van der Waals surface area (Å²) in [6.07, 6.45) is 14.3. The average Bonchev–Trinajstić information content (AvgIpc) is 3.21. The second-order valence-corrected chi connectivity index (χ2v) is 15.1. The molecule has 0 saturated heterocycles. The first-order chi connectivity index (χ1) is 22.3. The molecule has 5 atom stereocenters. The molecule has 5 unspecified atom stereocenters. The minimum atomic E-state index is -1.46. The van der Waals surface area contributed by atoms with Gasteiger partial charge in [0.25, 0.3) is 5.91 Å². The molecule has 1 aliphatic carbocycles. The Labute approximate surface area is 281 Å². The van der Waals surface area contributed by atoms with Crippen molar-refractivity contribution < 1.29 is 13.7 Å². The van der Waals surface area contributed by atoms with E-state index in [0.717, 1.165) is 67.3 Å². The van der Waals surface area contributed by atoms with Crippen molar-refractivity contribution in [1.82, 2.24) is 14.7 Å². The van der Waals surface area contributed by atoms with Gasteiger partial charge in [-0.05, 0) is 111 Å². The van der Waals surface area contributed by atoms with Crippen molar-refractivity contribution >= 4 is 34.2 Å². The lowest BCUT2D eigenvalue weighted by Crippen LogP contribution is -2.43. The highest BCUT2D eigenvalue weighted by atomic mass is 35.5. The predicted octanol–water partition coefficient (Wildman–Crippen LogP) is 7.72. The van der Waals surface area contributed by atoms with Crippen molar-refractivity contribution in [2.45, 2.75) is 77.4 Å². The summed E-state index contributed by atoms with van der Waals surface area (Å²) in [5.74, 6) is 1.96. The maximum atomic E-state index is 13.2. The number of aromatic nitrogens is 2. The van der Waals surface area contributed by atoms with Gasteiger partial charge in [-0.3, -0.25) is 9.52 Å². The monoisotopic (exact) mass is 662 g/mol. The molecule has 1 fully saturated rings. The number of carbonyl (C=O) groups is 1. The first-order valence-electron chi connectivity index (χ1n) is 16.7. The number of fused-ring (bicyclic) bond motifs is 1. The summed E-state index contributed by atoms with van der Waals surface area (Å²) in [5, 5.41) is 0.582. The number of ether oxygens (including phenoxy) is 1. The predicted molar refractivity (Wildman–Crippen MR) is 188 cm³/mol. The Morgan fingerprint density at radius 2 is 2.02 bits per heavy atom. The van der Waals surface area contributed by atoms with E-state index in [4.69, 9.17) is 16.3 Å². The summed E-state index contributed by atoms with van der Waals surface area (Å²) in [5.41, 5.74) is 5.00. The van der Waals surface area contributed by atoms with Gasteiger partial charge in [0.1, 0.15) is 23.1 Å². The second-order valence-electron chi connectivity index (χ2n) is 12.9. The van der Waals surface area contributed by atoms with Gasteiger partial charge in [0.05, 0.1) is 12.3 Å². The van der Waals surface area contributed by atoms with E-state index >= 15 is 0 Å². The lowest BCUT2D eigenvalue weighted by atomic mass is 9.65. The zero-order chi connectivity index (χ0) is 32.6. The van der Waals surface area contributed by atoms with Crippen LogP contribution in [0.5, 0.6) is 5.75 Å². The number of hydrogen-bond donors (Lipinski definition) is 1. The molecule has 7 nitrogen and oxygen atoms in total. The van der Waals surface area contributed by atoms with Gasteiger partial charge >= 0.3 is 0 Å². The van der Waals surface area contributed by atoms with Gasteiger partial charge in [-0.2, -0.15) is 0 Å². The molecule has 2 aromatic carbocycles. The zero-order valence-corrected chi connectivity index (χ0v) is 29.0. The third-order valence-electron chi connectivity index (χ3n) is 9.32. The molecule has 1 N–H and O–H groups in total. The van der Waals surface area contributed by atoms with Crippen molar-refractivity contribution in [2.75, 3.05) is 24.6 Å². The van der Waals surface area contributed by atoms with Crippen molar-refractivity contribution in [3.05, 3.63) is 94.5 Å². The lowest BCUT2D eigenvalue weighted by molar-refractivity contribution is 0.0982. The summed E-state index contributed by atoms with van der Waals surface area (Å²) in [7, 11) is -1.46. The maximum Gasteiger partial charge on any atom is 0.263 e. The van der Waals surface area contributed by atoms with E-state index in [9.17, 15) is 9.00 Å². The quantitative estimate of drug-likeness (QED) is 0.189. The highest BCUT2D eigenvalue weighted by Crippen LogP contribution is 2.45. The van der Waals surface area contributed by atoms with Crippen LogP contribution in [-0.2, 0) is 23.8 Å². The minimum absolute atomic E-state index is 0.132. The lowest BCUT2D eigenvalue weighted by Gasteiger charge is -2.44. The Bertz CT molecular complexity index is 1530. The normalized spacial score (nSPS) is 20.8. The van der Waals surface area contributed by atoms with Gasteiger partial charge in [-0.1, -0.05) is 50.1 Å². The Morgan fingerprint density at radius 1 is 1.17 bits per heavy atom. The van der Waals surface area contributed by atoms with Crippen LogP contribution in [0.3, 0.4) is 0 Å². The SMILES string of the molecule is CC/C=C/C(Cc1ccncn1)C1CCC1CN1CC(c2ccc(Cl)cc2CCC)COc2ccc(C(=O)NS(=O)C(C)C)cc21. The third kappa shape index (κ3) is 8.37.